The third kappa shape index (κ3) is 3.54. The third-order valence-corrected chi connectivity index (χ3v) is 4.84. The van der Waals surface area contributed by atoms with Gasteiger partial charge in [0.15, 0.2) is 0 Å². The molecule has 0 bridgehead atoms. The molecular formula is C17H23N7O2. The van der Waals surface area contributed by atoms with Gasteiger partial charge in [0.1, 0.15) is 5.82 Å². The van der Waals surface area contributed by atoms with Crippen molar-refractivity contribution in [3.05, 3.63) is 24.2 Å². The fourth-order valence-corrected chi connectivity index (χ4v) is 3.28. The first kappa shape index (κ1) is 16.9. The fourth-order valence-electron chi connectivity index (χ4n) is 3.28. The number of nitrogens with zero attached hydrogens (tertiary/aromatic N) is 5. The van der Waals surface area contributed by atoms with Crippen molar-refractivity contribution in [3.8, 4) is 11.4 Å². The molecule has 1 unspecified atom stereocenters. The van der Waals surface area contributed by atoms with Gasteiger partial charge in [0.05, 0.1) is 6.04 Å². The van der Waals surface area contributed by atoms with Crippen molar-refractivity contribution < 1.29 is 9.32 Å². The Morgan fingerprint density at radius 1 is 1.23 bits per heavy atom. The van der Waals surface area contributed by atoms with Crippen LogP contribution in [0.2, 0.25) is 0 Å². The first-order chi connectivity index (χ1) is 12.7. The maximum atomic E-state index is 11.4. The number of pyridine rings is 1. The first-order valence-electron chi connectivity index (χ1n) is 8.95. The highest BCUT2D eigenvalue weighted by atomic mass is 16.5. The topological polar surface area (TPSA) is 99.4 Å². The normalized spacial score (nSPS) is 21.0. The van der Waals surface area contributed by atoms with Gasteiger partial charge < -0.3 is 25.0 Å². The van der Waals surface area contributed by atoms with Gasteiger partial charge in [-0.2, -0.15) is 4.98 Å². The predicted octanol–water partition coefficient (Wildman–Crippen LogP) is 0.0340. The molecule has 2 aliphatic heterocycles. The van der Waals surface area contributed by atoms with Crippen LogP contribution in [0.5, 0.6) is 0 Å². The summed E-state index contributed by atoms with van der Waals surface area (Å²) in [5.74, 6) is 2.17. The van der Waals surface area contributed by atoms with E-state index < -0.39 is 0 Å². The number of rotatable bonds is 3. The van der Waals surface area contributed by atoms with Gasteiger partial charge in [-0.3, -0.25) is 4.79 Å². The van der Waals surface area contributed by atoms with Crippen molar-refractivity contribution in [2.45, 2.75) is 13.0 Å². The Kier molecular flexibility index (Phi) is 4.81. The van der Waals surface area contributed by atoms with E-state index in [1.54, 1.807) is 13.1 Å². The molecule has 0 spiro atoms. The number of carbonyl (C=O) groups excluding carboxylic acids is 1. The number of piperazine rings is 2. The van der Waals surface area contributed by atoms with Crippen LogP contribution >= 0.6 is 0 Å². The van der Waals surface area contributed by atoms with E-state index in [0.29, 0.717) is 11.7 Å². The summed E-state index contributed by atoms with van der Waals surface area (Å²) >= 11 is 0. The molecule has 138 valence electrons. The zero-order chi connectivity index (χ0) is 17.9. The molecule has 9 heteroatoms. The minimum Gasteiger partial charge on any atom is -0.353 e. The number of hydrogen-bond acceptors (Lipinski definition) is 8. The molecule has 26 heavy (non-hydrogen) atoms. The molecular weight excluding hydrogens is 334 g/mol. The predicted molar refractivity (Wildman–Crippen MR) is 95.6 cm³/mol. The molecule has 0 aliphatic carbocycles. The van der Waals surface area contributed by atoms with Crippen molar-refractivity contribution in [1.29, 1.82) is 0 Å². The zero-order valence-corrected chi connectivity index (χ0v) is 14.8. The van der Waals surface area contributed by atoms with Crippen LogP contribution in [-0.4, -0.2) is 71.7 Å². The van der Waals surface area contributed by atoms with Gasteiger partial charge in [-0.25, -0.2) is 4.98 Å². The summed E-state index contributed by atoms with van der Waals surface area (Å²) in [4.78, 5) is 24.5. The number of hydrogen-bond donors (Lipinski definition) is 2. The molecule has 4 rings (SSSR count). The van der Waals surface area contributed by atoms with Crippen LogP contribution in [0.25, 0.3) is 11.4 Å². The van der Waals surface area contributed by atoms with Crippen LogP contribution in [0.15, 0.2) is 22.9 Å². The Balaban J connectivity index is 1.42. The van der Waals surface area contributed by atoms with E-state index >= 15 is 0 Å². The Morgan fingerprint density at radius 2 is 2.08 bits per heavy atom. The van der Waals surface area contributed by atoms with E-state index in [0.717, 1.165) is 57.2 Å². The molecule has 1 atom stereocenters. The van der Waals surface area contributed by atoms with Gasteiger partial charge in [-0.1, -0.05) is 5.16 Å². The number of aromatic nitrogens is 3. The van der Waals surface area contributed by atoms with Crippen molar-refractivity contribution in [2.75, 3.05) is 50.7 Å². The number of nitrogens with one attached hydrogen (secondary N) is 2. The van der Waals surface area contributed by atoms with E-state index in [2.05, 4.69) is 30.7 Å². The summed E-state index contributed by atoms with van der Waals surface area (Å²) in [5, 5.41) is 10.7. The summed E-state index contributed by atoms with van der Waals surface area (Å²) in [6, 6.07) is 3.98. The number of anilines is 1. The van der Waals surface area contributed by atoms with Crippen LogP contribution in [0.3, 0.4) is 0 Å². The highest BCUT2D eigenvalue weighted by Crippen LogP contribution is 2.21. The lowest BCUT2D eigenvalue weighted by molar-refractivity contribution is -0.129. The lowest BCUT2D eigenvalue weighted by atomic mass is 10.2. The van der Waals surface area contributed by atoms with Gasteiger partial charge in [0.25, 0.3) is 0 Å². The van der Waals surface area contributed by atoms with E-state index in [4.69, 9.17) is 4.52 Å². The molecule has 9 nitrogen and oxygen atoms in total. The van der Waals surface area contributed by atoms with Crippen LogP contribution in [0, 0.1) is 0 Å². The Hall–Kier alpha value is -2.52. The van der Waals surface area contributed by atoms with E-state index in [1.165, 1.54) is 0 Å². The summed E-state index contributed by atoms with van der Waals surface area (Å²) in [7, 11) is 0. The van der Waals surface area contributed by atoms with Gasteiger partial charge in [0.2, 0.25) is 17.6 Å². The maximum absolute atomic E-state index is 11.4. The maximum Gasteiger partial charge on any atom is 0.245 e. The van der Waals surface area contributed by atoms with Gasteiger partial charge >= 0.3 is 0 Å². The van der Waals surface area contributed by atoms with E-state index in [-0.39, 0.29) is 11.9 Å². The highest BCUT2D eigenvalue weighted by Gasteiger charge is 2.22. The van der Waals surface area contributed by atoms with Crippen LogP contribution < -0.4 is 15.5 Å². The Morgan fingerprint density at radius 3 is 2.73 bits per heavy atom. The molecule has 0 radical (unpaired) electrons. The van der Waals surface area contributed by atoms with Gasteiger partial charge in [0, 0.05) is 64.5 Å². The molecule has 2 aromatic rings. The third-order valence-electron chi connectivity index (χ3n) is 4.84. The molecule has 2 N–H and O–H groups in total. The smallest absolute Gasteiger partial charge is 0.245 e. The molecule has 0 aromatic carbocycles. The van der Waals surface area contributed by atoms with Crippen molar-refractivity contribution >= 4 is 11.7 Å². The quantitative estimate of drug-likeness (QED) is 0.794. The number of carbonyl (C=O) groups is 1. The standard InChI is InChI=1S/C17H23N7O2/c1-12(25)23-6-8-24(9-7-23)15-3-2-13(10-20-15)16-21-17(26-22-16)14-11-18-4-5-19-14/h2-3,10,14,18-19H,4-9,11H2,1H3. The first-order valence-corrected chi connectivity index (χ1v) is 8.95. The molecule has 4 heterocycles. The minimum atomic E-state index is 0.0507. The second-order valence-electron chi connectivity index (χ2n) is 6.57. The summed E-state index contributed by atoms with van der Waals surface area (Å²) in [6.45, 7) is 7.27. The lowest BCUT2D eigenvalue weighted by Gasteiger charge is -2.34. The van der Waals surface area contributed by atoms with Crippen LogP contribution in [-0.2, 0) is 4.79 Å². The summed E-state index contributed by atoms with van der Waals surface area (Å²) < 4.78 is 5.40. The SMILES string of the molecule is CC(=O)N1CCN(c2ccc(-c3noc(C4CNCCN4)n3)cn2)CC1. The molecule has 2 saturated heterocycles. The van der Waals surface area contributed by atoms with E-state index in [9.17, 15) is 4.79 Å². The minimum absolute atomic E-state index is 0.0507. The monoisotopic (exact) mass is 357 g/mol. The largest absolute Gasteiger partial charge is 0.353 e. The average molecular weight is 357 g/mol. The van der Waals surface area contributed by atoms with Gasteiger partial charge in [-0.05, 0) is 12.1 Å². The van der Waals surface area contributed by atoms with Crippen LogP contribution in [0.4, 0.5) is 5.82 Å². The molecule has 2 aromatic heterocycles. The second-order valence-corrected chi connectivity index (χ2v) is 6.57. The average Bonchev–Trinajstić information content (AvgIpc) is 3.19. The second kappa shape index (κ2) is 7.38. The molecule has 1 amide bonds. The molecule has 0 saturated carbocycles. The van der Waals surface area contributed by atoms with Crippen LogP contribution in [0.1, 0.15) is 18.9 Å². The molecule has 2 fully saturated rings. The fraction of sp³-hybridized carbons (Fsp3) is 0.529. The molecule has 2 aliphatic rings. The Bertz CT molecular complexity index is 747. The van der Waals surface area contributed by atoms with Gasteiger partial charge in [-0.15, -0.1) is 0 Å². The summed E-state index contributed by atoms with van der Waals surface area (Å²) in [6.07, 6.45) is 1.77. The zero-order valence-electron chi connectivity index (χ0n) is 14.8. The number of amides is 1. The summed E-state index contributed by atoms with van der Waals surface area (Å²) in [5.41, 5.74) is 0.829. The lowest BCUT2D eigenvalue weighted by Crippen LogP contribution is -2.48. The van der Waals surface area contributed by atoms with E-state index in [1.807, 2.05) is 17.0 Å². The highest BCUT2D eigenvalue weighted by molar-refractivity contribution is 5.73. The van der Waals surface area contributed by atoms with Crippen molar-refractivity contribution in [3.63, 3.8) is 0 Å². The Labute approximate surface area is 151 Å². The van der Waals surface area contributed by atoms with Crippen molar-refractivity contribution in [1.82, 2.24) is 30.7 Å². The van der Waals surface area contributed by atoms with Crippen molar-refractivity contribution in [2.24, 2.45) is 0 Å².